The number of aromatic nitrogens is 3. The molecular weight excluding hydrogens is 362 g/mol. The average Bonchev–Trinajstić information content (AvgIpc) is 2.89. The Morgan fingerprint density at radius 1 is 1.30 bits per heavy atom. The number of morpholine rings is 1. The van der Waals surface area contributed by atoms with Gasteiger partial charge in [-0.25, -0.2) is 4.68 Å². The van der Waals surface area contributed by atoms with Crippen molar-refractivity contribution in [2.75, 3.05) is 26.2 Å². The summed E-state index contributed by atoms with van der Waals surface area (Å²) < 4.78 is 10.3. The van der Waals surface area contributed by atoms with E-state index in [4.69, 9.17) is 17.0 Å². The zero-order valence-electron chi connectivity index (χ0n) is 16.6. The molecule has 0 N–H and O–H groups in total. The van der Waals surface area contributed by atoms with Crippen LogP contribution < -0.4 is 0 Å². The number of nitrogens with zero attached hydrogens (tertiary/aromatic N) is 5. The van der Waals surface area contributed by atoms with Crippen molar-refractivity contribution in [2.24, 2.45) is 5.92 Å². The number of aryl methyl sites for hydroxylation is 1. The van der Waals surface area contributed by atoms with E-state index in [1.165, 1.54) is 0 Å². The van der Waals surface area contributed by atoms with Crippen LogP contribution in [0.25, 0.3) is 0 Å². The average molecular weight is 394 g/mol. The summed E-state index contributed by atoms with van der Waals surface area (Å²) in [6, 6.07) is 0. The Labute approximate surface area is 166 Å². The first kappa shape index (κ1) is 20.2. The smallest absolute Gasteiger partial charge is 0.225 e. The summed E-state index contributed by atoms with van der Waals surface area (Å²) in [5, 5.41) is 4.56. The molecule has 27 heavy (non-hydrogen) atoms. The van der Waals surface area contributed by atoms with Crippen LogP contribution in [0.1, 0.15) is 32.5 Å². The number of amides is 1. The van der Waals surface area contributed by atoms with Crippen molar-refractivity contribution in [1.29, 1.82) is 0 Å². The molecule has 8 heteroatoms. The van der Waals surface area contributed by atoms with Gasteiger partial charge in [0.25, 0.3) is 0 Å². The molecule has 1 aromatic heterocycles. The highest BCUT2D eigenvalue weighted by Gasteiger charge is 2.32. The van der Waals surface area contributed by atoms with Gasteiger partial charge in [-0.3, -0.25) is 9.69 Å². The molecule has 3 heterocycles. The van der Waals surface area contributed by atoms with E-state index in [2.05, 4.69) is 16.6 Å². The minimum Gasteiger partial charge on any atom is -0.372 e. The highest BCUT2D eigenvalue weighted by molar-refractivity contribution is 7.71. The second-order valence-electron chi connectivity index (χ2n) is 7.76. The second-order valence-corrected chi connectivity index (χ2v) is 8.13. The summed E-state index contributed by atoms with van der Waals surface area (Å²) in [6.45, 7) is 14.4. The Hall–Kier alpha value is -1.51. The van der Waals surface area contributed by atoms with E-state index in [1.807, 2.05) is 41.0 Å². The monoisotopic (exact) mass is 393 g/mol. The fraction of sp³-hybridized carbons (Fsp3) is 0.737. The largest absolute Gasteiger partial charge is 0.372 e. The van der Waals surface area contributed by atoms with Crippen LogP contribution in [-0.4, -0.2) is 68.4 Å². The number of carbonyl (C=O) groups is 1. The van der Waals surface area contributed by atoms with Gasteiger partial charge >= 0.3 is 0 Å². The van der Waals surface area contributed by atoms with Gasteiger partial charge in [0.2, 0.25) is 5.91 Å². The molecule has 0 aromatic carbocycles. The van der Waals surface area contributed by atoms with E-state index in [0.29, 0.717) is 32.2 Å². The molecule has 0 aliphatic carbocycles. The van der Waals surface area contributed by atoms with E-state index in [-0.39, 0.29) is 18.1 Å². The lowest BCUT2D eigenvalue weighted by atomic mass is 9.95. The van der Waals surface area contributed by atoms with Crippen LogP contribution in [0.4, 0.5) is 0 Å². The van der Waals surface area contributed by atoms with Crippen molar-refractivity contribution in [2.45, 2.75) is 59.0 Å². The Kier molecular flexibility index (Phi) is 6.49. The number of hydrogen-bond acceptors (Lipinski definition) is 5. The summed E-state index contributed by atoms with van der Waals surface area (Å²) in [4.78, 5) is 17.2. The van der Waals surface area contributed by atoms with Gasteiger partial charge in [0.05, 0.1) is 18.9 Å². The minimum absolute atomic E-state index is 0.117. The third kappa shape index (κ3) is 4.67. The molecule has 1 amide bonds. The molecule has 0 bridgehead atoms. The summed E-state index contributed by atoms with van der Waals surface area (Å²) in [5.74, 6) is 1.31. The lowest BCUT2D eigenvalue weighted by Gasteiger charge is -2.39. The highest BCUT2D eigenvalue weighted by atomic mass is 32.1. The predicted octanol–water partition coefficient (Wildman–Crippen LogP) is 2.21. The third-order valence-electron chi connectivity index (χ3n) is 5.42. The van der Waals surface area contributed by atoms with Gasteiger partial charge in [0.1, 0.15) is 5.82 Å². The maximum atomic E-state index is 12.9. The summed E-state index contributed by atoms with van der Waals surface area (Å²) in [5.41, 5.74) is 0. The molecule has 2 aliphatic rings. The zero-order valence-corrected chi connectivity index (χ0v) is 17.5. The van der Waals surface area contributed by atoms with Crippen molar-refractivity contribution in [3.05, 3.63) is 23.3 Å². The van der Waals surface area contributed by atoms with Crippen molar-refractivity contribution < 1.29 is 9.53 Å². The standard InChI is InChI=1S/C19H31N5O2S/c1-5-8-23-16(4)20-24(19(23)27)13-21-9-6-17(7-10-21)18(25)22-11-14(2)26-15(3)12-22/h5,14-15,17H,1,6-13H2,2-4H3. The van der Waals surface area contributed by atoms with E-state index in [0.717, 1.165) is 36.5 Å². The normalized spacial score (nSPS) is 24.9. The SMILES string of the molecule is C=CCn1c(C)nn(CN2CCC(C(=O)N3CC(C)OC(C)C3)CC2)c1=S. The predicted molar refractivity (Wildman–Crippen MR) is 107 cm³/mol. The Bertz CT molecular complexity index is 725. The minimum atomic E-state index is 0.117. The van der Waals surface area contributed by atoms with Gasteiger partial charge in [0, 0.05) is 38.6 Å². The number of likely N-dealkylation sites (tertiary alicyclic amines) is 1. The summed E-state index contributed by atoms with van der Waals surface area (Å²) >= 11 is 5.54. The van der Waals surface area contributed by atoms with Gasteiger partial charge in [-0.2, -0.15) is 5.10 Å². The van der Waals surface area contributed by atoms with Crippen molar-refractivity contribution in [3.63, 3.8) is 0 Å². The Morgan fingerprint density at radius 2 is 1.93 bits per heavy atom. The fourth-order valence-electron chi connectivity index (χ4n) is 4.11. The molecule has 7 nitrogen and oxygen atoms in total. The number of piperidine rings is 1. The zero-order chi connectivity index (χ0) is 19.6. The van der Waals surface area contributed by atoms with E-state index in [9.17, 15) is 4.79 Å². The number of hydrogen-bond donors (Lipinski definition) is 0. The molecule has 2 atom stereocenters. The number of carbonyl (C=O) groups excluding carboxylic acids is 1. The number of rotatable bonds is 5. The molecule has 0 spiro atoms. The summed E-state index contributed by atoms with van der Waals surface area (Å²) in [6.07, 6.45) is 3.85. The van der Waals surface area contributed by atoms with E-state index in [1.54, 1.807) is 0 Å². The van der Waals surface area contributed by atoms with Crippen LogP contribution >= 0.6 is 12.2 Å². The molecule has 2 saturated heterocycles. The maximum Gasteiger partial charge on any atom is 0.225 e. The second kappa shape index (κ2) is 8.67. The molecule has 0 saturated carbocycles. The molecule has 2 unspecified atom stereocenters. The lowest BCUT2D eigenvalue weighted by molar-refractivity contribution is -0.149. The van der Waals surface area contributed by atoms with Crippen LogP contribution in [0, 0.1) is 17.6 Å². The molecule has 3 rings (SSSR count). The van der Waals surface area contributed by atoms with Crippen LogP contribution in [0.5, 0.6) is 0 Å². The highest BCUT2D eigenvalue weighted by Crippen LogP contribution is 2.22. The van der Waals surface area contributed by atoms with Crippen LogP contribution in [0.15, 0.2) is 12.7 Å². The molecule has 0 radical (unpaired) electrons. The summed E-state index contributed by atoms with van der Waals surface area (Å²) in [7, 11) is 0. The van der Waals surface area contributed by atoms with Gasteiger partial charge in [-0.15, -0.1) is 6.58 Å². The molecular formula is C19H31N5O2S. The Morgan fingerprint density at radius 3 is 2.52 bits per heavy atom. The topological polar surface area (TPSA) is 55.5 Å². The van der Waals surface area contributed by atoms with Crippen molar-refractivity contribution in [3.8, 4) is 0 Å². The molecule has 1 aromatic rings. The van der Waals surface area contributed by atoms with Gasteiger partial charge in [-0.1, -0.05) is 6.08 Å². The van der Waals surface area contributed by atoms with E-state index >= 15 is 0 Å². The van der Waals surface area contributed by atoms with Gasteiger partial charge < -0.3 is 14.2 Å². The van der Waals surface area contributed by atoms with Crippen LogP contribution in [0.2, 0.25) is 0 Å². The third-order valence-corrected chi connectivity index (χ3v) is 5.85. The van der Waals surface area contributed by atoms with Gasteiger partial charge in [0.15, 0.2) is 4.77 Å². The van der Waals surface area contributed by atoms with E-state index < -0.39 is 0 Å². The molecule has 150 valence electrons. The first-order valence-corrected chi connectivity index (χ1v) is 10.2. The quantitative estimate of drug-likeness (QED) is 0.567. The first-order valence-electron chi connectivity index (χ1n) is 9.80. The van der Waals surface area contributed by atoms with Crippen molar-refractivity contribution >= 4 is 18.1 Å². The maximum absolute atomic E-state index is 12.9. The van der Waals surface area contributed by atoms with Gasteiger partial charge in [-0.05, 0) is 45.8 Å². The number of ether oxygens (including phenoxy) is 1. The number of allylic oxidation sites excluding steroid dienone is 1. The van der Waals surface area contributed by atoms with Crippen LogP contribution in [0.3, 0.4) is 0 Å². The van der Waals surface area contributed by atoms with Crippen molar-refractivity contribution in [1.82, 2.24) is 24.1 Å². The lowest BCUT2D eigenvalue weighted by Crippen LogP contribution is -2.51. The molecule has 2 aliphatic heterocycles. The van der Waals surface area contributed by atoms with Crippen LogP contribution in [-0.2, 0) is 22.7 Å². The fourth-order valence-corrected chi connectivity index (χ4v) is 4.41. The Balaban J connectivity index is 1.55. The molecule has 2 fully saturated rings. The first-order chi connectivity index (χ1) is 12.9.